The van der Waals surface area contributed by atoms with Gasteiger partial charge in [-0.15, -0.1) is 0 Å². The number of rotatable bonds is 2. The molecular formula is H2Cr2CuO8. The monoisotopic (exact) mass is 297 g/mol. The second-order valence-electron chi connectivity index (χ2n) is 0.885. The van der Waals surface area contributed by atoms with Gasteiger partial charge in [-0.05, 0) is 0 Å². The molecule has 0 saturated heterocycles. The summed E-state index contributed by atoms with van der Waals surface area (Å²) in [6.07, 6.45) is 0. The summed E-state index contributed by atoms with van der Waals surface area (Å²) in [7, 11) is 0. The third-order valence-electron chi connectivity index (χ3n) is 0.167. The van der Waals surface area contributed by atoms with Crippen molar-refractivity contribution in [3.05, 3.63) is 0 Å². The summed E-state index contributed by atoms with van der Waals surface area (Å²) in [6.45, 7) is 0. The van der Waals surface area contributed by atoms with E-state index in [0.717, 1.165) is 0 Å². The maximum atomic E-state index is 9.38. The summed E-state index contributed by atoms with van der Waals surface area (Å²) in [4.78, 5) is 0. The van der Waals surface area contributed by atoms with Crippen LogP contribution in [-0.2, 0) is 62.3 Å². The van der Waals surface area contributed by atoms with Gasteiger partial charge in [-0.1, -0.05) is 0 Å². The first kappa shape index (κ1) is 17.6. The first-order valence-corrected chi connectivity index (χ1v) is 5.50. The van der Waals surface area contributed by atoms with Gasteiger partial charge in [-0.3, -0.25) is 0 Å². The average Bonchev–Trinajstić information content (AvgIpc) is 1.14. The molecule has 0 aromatic heterocycles. The van der Waals surface area contributed by atoms with Crippen LogP contribution in [0.5, 0.6) is 0 Å². The molecule has 0 aliphatic carbocycles. The molecule has 0 unspecified atom stereocenters. The Balaban J connectivity index is -0.000000320. The molecule has 0 bridgehead atoms. The molecule has 0 spiro atoms. The fourth-order valence-electron chi connectivity index (χ4n) is 0.102. The summed E-state index contributed by atoms with van der Waals surface area (Å²) in [5, 5.41) is 0. The molecule has 8 nitrogen and oxygen atoms in total. The summed E-state index contributed by atoms with van der Waals surface area (Å²) in [6, 6.07) is 0. The third kappa shape index (κ3) is 18.0. The fourth-order valence-corrected chi connectivity index (χ4v) is 1.74. The van der Waals surface area contributed by atoms with Crippen LogP contribution in [0.1, 0.15) is 0 Å². The minimum absolute atomic E-state index is 0. The maximum absolute atomic E-state index is 9.38. The molecule has 0 amide bonds. The average molecular weight is 298 g/mol. The van der Waals surface area contributed by atoms with E-state index in [-0.39, 0.29) is 22.5 Å². The van der Waals surface area contributed by atoms with Crippen molar-refractivity contribution in [3.8, 4) is 0 Å². The van der Waals surface area contributed by atoms with Crippen LogP contribution in [0.2, 0.25) is 0 Å². The molecule has 0 atom stereocenters. The molecule has 2 N–H and O–H groups in total. The van der Waals surface area contributed by atoms with E-state index in [1.54, 1.807) is 0 Å². The molecule has 0 aliphatic rings. The van der Waals surface area contributed by atoms with Crippen molar-refractivity contribution in [1.29, 1.82) is 0 Å². The molecule has 0 heterocycles. The molecule has 0 aliphatic heterocycles. The Morgan fingerprint density at radius 1 is 0.909 bits per heavy atom. The van der Waals surface area contributed by atoms with Gasteiger partial charge < -0.3 is 5.48 Å². The van der Waals surface area contributed by atoms with E-state index in [2.05, 4.69) is 2.84 Å². The van der Waals surface area contributed by atoms with Gasteiger partial charge in [0, 0.05) is 0 Å². The van der Waals surface area contributed by atoms with Crippen LogP contribution >= 0.6 is 0 Å². The Bertz CT molecular complexity index is 237. The molecular weight excluding hydrogens is 296 g/mol. The van der Waals surface area contributed by atoms with Crippen molar-refractivity contribution in [2.24, 2.45) is 0 Å². The normalized spacial score (nSPS) is 11.1. The molecule has 0 aromatic rings. The Morgan fingerprint density at radius 3 is 1.09 bits per heavy atom. The zero-order chi connectivity index (χ0) is 7.71. The molecule has 73 valence electrons. The van der Waals surface area contributed by atoms with Crippen LogP contribution in [0.4, 0.5) is 0 Å². The zero-order valence-electron chi connectivity index (χ0n) is 4.48. The summed E-state index contributed by atoms with van der Waals surface area (Å²) >= 11 is -12.1. The molecule has 0 fully saturated rings. The molecule has 0 rings (SSSR count). The standard InChI is InChI=1S/2Cr.Cu.H2O.7O/h;;;1H2;;;;;;;/q;;+2;;;;;;;2*-1. The first-order valence-electron chi connectivity index (χ1n) is 1.33. The Labute approximate surface area is 76.1 Å². The van der Waals surface area contributed by atoms with E-state index in [4.69, 9.17) is 0 Å². The van der Waals surface area contributed by atoms with Crippen LogP contribution in [-0.4, -0.2) is 5.48 Å². The number of hydrogen-bond acceptors (Lipinski definition) is 7. The van der Waals surface area contributed by atoms with E-state index in [1.807, 2.05) is 0 Å². The van der Waals surface area contributed by atoms with E-state index >= 15 is 0 Å². The Kier molecular flexibility index (Phi) is 8.50. The molecule has 1 radical (unpaired) electrons. The van der Waals surface area contributed by atoms with E-state index in [9.17, 15) is 23.5 Å². The molecule has 0 saturated carbocycles. The minimum atomic E-state index is -6.07. The summed E-state index contributed by atoms with van der Waals surface area (Å²) < 4.78 is 58.9. The van der Waals surface area contributed by atoms with Crippen molar-refractivity contribution in [2.75, 3.05) is 0 Å². The van der Waals surface area contributed by atoms with Gasteiger partial charge in [-0.2, -0.15) is 0 Å². The van der Waals surface area contributed by atoms with Crippen molar-refractivity contribution in [1.82, 2.24) is 0 Å². The van der Waals surface area contributed by atoms with Crippen molar-refractivity contribution in [3.63, 3.8) is 0 Å². The Morgan fingerprint density at radius 2 is 1.09 bits per heavy atom. The van der Waals surface area contributed by atoms with Gasteiger partial charge in [-0.25, -0.2) is 0 Å². The van der Waals surface area contributed by atoms with E-state index in [1.165, 1.54) is 0 Å². The topological polar surface area (TPSA) is 155 Å². The van der Waals surface area contributed by atoms with Gasteiger partial charge in [0.25, 0.3) is 0 Å². The molecule has 0 aromatic carbocycles. The quantitative estimate of drug-likeness (QED) is 0.474. The van der Waals surface area contributed by atoms with Crippen LogP contribution in [0.3, 0.4) is 0 Å². The predicted molar refractivity (Wildman–Crippen MR) is 7.44 cm³/mol. The zero-order valence-corrected chi connectivity index (χ0v) is 7.97. The van der Waals surface area contributed by atoms with Gasteiger partial charge in [0.05, 0.1) is 0 Å². The summed E-state index contributed by atoms with van der Waals surface area (Å²) in [5.74, 6) is 0. The predicted octanol–water partition coefficient (Wildman–Crippen LogP) is -3.75. The number of hydrogen-bond donors (Lipinski definition) is 0. The first-order chi connectivity index (χ1) is 3.71. The van der Waals surface area contributed by atoms with Gasteiger partial charge in [0.1, 0.15) is 0 Å². The molecule has 11 heavy (non-hydrogen) atoms. The summed E-state index contributed by atoms with van der Waals surface area (Å²) in [5.41, 5.74) is 0. The van der Waals surface area contributed by atoms with Crippen LogP contribution in [0.15, 0.2) is 0 Å². The fraction of sp³-hybridized carbons (Fsp3) is 0. The van der Waals surface area contributed by atoms with Gasteiger partial charge in [0.15, 0.2) is 0 Å². The third-order valence-corrected chi connectivity index (χ3v) is 2.83. The van der Waals surface area contributed by atoms with Crippen molar-refractivity contribution in [2.45, 2.75) is 0 Å². The molecule has 11 heteroatoms. The van der Waals surface area contributed by atoms with Crippen molar-refractivity contribution < 1.29 is 76.1 Å². The van der Waals surface area contributed by atoms with Crippen LogP contribution in [0, 0.1) is 0 Å². The van der Waals surface area contributed by atoms with Gasteiger partial charge >= 0.3 is 70.7 Å². The van der Waals surface area contributed by atoms with Gasteiger partial charge in [0.2, 0.25) is 0 Å². The Hall–Kier alpha value is 0.624. The SMILES string of the molecule is O.[Cu+2].[O]=[Cr](=[O])([O-])[O][Cr](=[O])(=[O])[O-]. The van der Waals surface area contributed by atoms with Crippen molar-refractivity contribution >= 4 is 0 Å². The second-order valence-corrected chi connectivity index (χ2v) is 4.52. The van der Waals surface area contributed by atoms with E-state index in [0.29, 0.717) is 0 Å². The van der Waals surface area contributed by atoms with Crippen LogP contribution in [0.25, 0.3) is 0 Å². The second kappa shape index (κ2) is 5.30. The van der Waals surface area contributed by atoms with E-state index < -0.39 is 27.2 Å². The van der Waals surface area contributed by atoms with Crippen LogP contribution < -0.4 is 8.32 Å².